The fourth-order valence-electron chi connectivity index (χ4n) is 2.56. The normalized spacial score (nSPS) is 13.3. The predicted octanol–water partition coefficient (Wildman–Crippen LogP) is 2.75. The quantitative estimate of drug-likeness (QED) is 0.855. The van der Waals surface area contributed by atoms with Gasteiger partial charge in [0.15, 0.2) is 0 Å². The van der Waals surface area contributed by atoms with Crippen LogP contribution in [0.15, 0.2) is 60.7 Å². The van der Waals surface area contributed by atoms with Crippen molar-refractivity contribution in [2.24, 2.45) is 5.73 Å². The molecular formula is C19H24N2O2. The first-order valence-corrected chi connectivity index (χ1v) is 7.77. The van der Waals surface area contributed by atoms with Crippen LogP contribution in [0.5, 0.6) is 0 Å². The second kappa shape index (κ2) is 8.46. The monoisotopic (exact) mass is 312 g/mol. The van der Waals surface area contributed by atoms with E-state index in [0.717, 1.165) is 11.1 Å². The highest BCUT2D eigenvalue weighted by molar-refractivity contribution is 5.82. The Balaban J connectivity index is 2.25. The van der Waals surface area contributed by atoms with Crippen LogP contribution in [-0.4, -0.2) is 30.6 Å². The zero-order valence-electron chi connectivity index (χ0n) is 13.7. The lowest BCUT2D eigenvalue weighted by atomic mass is 10.0. The molecule has 2 aromatic carbocycles. The minimum Gasteiger partial charge on any atom is -0.383 e. The Kier molecular flexibility index (Phi) is 6.32. The van der Waals surface area contributed by atoms with Crippen LogP contribution in [0.2, 0.25) is 0 Å². The summed E-state index contributed by atoms with van der Waals surface area (Å²) in [6.07, 6.45) is 0. The van der Waals surface area contributed by atoms with Crippen LogP contribution in [0, 0.1) is 0 Å². The number of methoxy groups -OCH3 is 1. The van der Waals surface area contributed by atoms with Gasteiger partial charge in [-0.15, -0.1) is 0 Å². The van der Waals surface area contributed by atoms with Gasteiger partial charge in [-0.3, -0.25) is 4.79 Å². The molecule has 0 saturated carbocycles. The van der Waals surface area contributed by atoms with E-state index in [1.807, 2.05) is 72.5 Å². The molecule has 0 radical (unpaired) electrons. The largest absolute Gasteiger partial charge is 0.383 e. The number of nitrogens with two attached hydrogens (primary N) is 1. The molecular weight excluding hydrogens is 288 g/mol. The Morgan fingerprint density at radius 3 is 2.22 bits per heavy atom. The standard InChI is InChI=1S/C19H24N2O2/c1-15(17-11-7-4-8-12-17)21(19(22)18(20)14-23-2)13-16-9-5-3-6-10-16/h3-12,15,18H,13-14,20H2,1-2H3. The van der Waals surface area contributed by atoms with E-state index >= 15 is 0 Å². The van der Waals surface area contributed by atoms with Crippen LogP contribution in [0.25, 0.3) is 0 Å². The topological polar surface area (TPSA) is 55.6 Å². The van der Waals surface area contributed by atoms with E-state index in [4.69, 9.17) is 10.5 Å². The lowest BCUT2D eigenvalue weighted by Crippen LogP contribution is -2.46. The van der Waals surface area contributed by atoms with Gasteiger partial charge >= 0.3 is 0 Å². The third kappa shape index (κ3) is 4.65. The van der Waals surface area contributed by atoms with Crippen LogP contribution in [-0.2, 0) is 16.1 Å². The van der Waals surface area contributed by atoms with Gasteiger partial charge in [-0.2, -0.15) is 0 Å². The average molecular weight is 312 g/mol. The smallest absolute Gasteiger partial charge is 0.242 e. The van der Waals surface area contributed by atoms with Crippen molar-refractivity contribution in [3.8, 4) is 0 Å². The molecule has 4 nitrogen and oxygen atoms in total. The molecule has 2 rings (SSSR count). The molecule has 2 N–H and O–H groups in total. The first kappa shape index (κ1) is 17.2. The minimum atomic E-state index is -0.658. The molecule has 0 fully saturated rings. The summed E-state index contributed by atoms with van der Waals surface area (Å²) < 4.78 is 5.04. The number of ether oxygens (including phenoxy) is 1. The first-order chi connectivity index (χ1) is 11.1. The fraction of sp³-hybridized carbons (Fsp3) is 0.316. The molecule has 0 spiro atoms. The van der Waals surface area contributed by atoms with E-state index in [-0.39, 0.29) is 18.6 Å². The highest BCUT2D eigenvalue weighted by Crippen LogP contribution is 2.23. The molecule has 0 heterocycles. The predicted molar refractivity (Wildman–Crippen MR) is 91.7 cm³/mol. The lowest BCUT2D eigenvalue weighted by Gasteiger charge is -2.32. The third-order valence-corrected chi connectivity index (χ3v) is 3.89. The van der Waals surface area contributed by atoms with Crippen molar-refractivity contribution in [3.63, 3.8) is 0 Å². The van der Waals surface area contributed by atoms with Crippen LogP contribution in [0.1, 0.15) is 24.1 Å². The maximum Gasteiger partial charge on any atom is 0.242 e. The second-order valence-electron chi connectivity index (χ2n) is 5.60. The van der Waals surface area contributed by atoms with E-state index in [1.165, 1.54) is 0 Å². The maximum atomic E-state index is 12.8. The summed E-state index contributed by atoms with van der Waals surface area (Å²) in [5.74, 6) is -0.105. The number of carbonyl (C=O) groups excluding carboxylic acids is 1. The number of rotatable bonds is 7. The molecule has 2 unspecified atom stereocenters. The molecule has 0 aliphatic rings. The van der Waals surface area contributed by atoms with Crippen LogP contribution in [0.3, 0.4) is 0 Å². The van der Waals surface area contributed by atoms with Crippen molar-refractivity contribution in [2.45, 2.75) is 25.6 Å². The molecule has 2 aromatic rings. The van der Waals surface area contributed by atoms with Gasteiger partial charge in [-0.05, 0) is 18.1 Å². The summed E-state index contributed by atoms with van der Waals surface area (Å²) in [6.45, 7) is 2.76. The van der Waals surface area contributed by atoms with E-state index in [2.05, 4.69) is 0 Å². The Hall–Kier alpha value is -2.17. The van der Waals surface area contributed by atoms with E-state index in [9.17, 15) is 4.79 Å². The van der Waals surface area contributed by atoms with Crippen molar-refractivity contribution in [1.29, 1.82) is 0 Å². The van der Waals surface area contributed by atoms with E-state index in [1.54, 1.807) is 7.11 Å². The van der Waals surface area contributed by atoms with Gasteiger partial charge in [0.25, 0.3) is 0 Å². The van der Waals surface area contributed by atoms with Gasteiger partial charge < -0.3 is 15.4 Å². The summed E-state index contributed by atoms with van der Waals surface area (Å²) in [7, 11) is 1.55. The Bertz CT molecular complexity index is 601. The third-order valence-electron chi connectivity index (χ3n) is 3.89. The van der Waals surface area contributed by atoms with Crippen molar-refractivity contribution in [1.82, 2.24) is 4.90 Å². The Morgan fingerprint density at radius 2 is 1.65 bits per heavy atom. The van der Waals surface area contributed by atoms with Crippen molar-refractivity contribution < 1.29 is 9.53 Å². The molecule has 0 aromatic heterocycles. The van der Waals surface area contributed by atoms with Gasteiger partial charge in [0.05, 0.1) is 12.6 Å². The molecule has 2 atom stereocenters. The fourth-order valence-corrected chi connectivity index (χ4v) is 2.56. The molecule has 0 saturated heterocycles. The minimum absolute atomic E-state index is 0.0631. The Labute approximate surface area is 137 Å². The summed E-state index contributed by atoms with van der Waals surface area (Å²) >= 11 is 0. The number of amides is 1. The zero-order valence-corrected chi connectivity index (χ0v) is 13.7. The van der Waals surface area contributed by atoms with Crippen LogP contribution < -0.4 is 5.73 Å². The molecule has 4 heteroatoms. The lowest BCUT2D eigenvalue weighted by molar-refractivity contribution is -0.136. The van der Waals surface area contributed by atoms with Crippen LogP contribution in [0.4, 0.5) is 0 Å². The first-order valence-electron chi connectivity index (χ1n) is 7.77. The van der Waals surface area contributed by atoms with Gasteiger partial charge in [0.1, 0.15) is 6.04 Å². The van der Waals surface area contributed by atoms with Gasteiger partial charge in [0, 0.05) is 13.7 Å². The van der Waals surface area contributed by atoms with Gasteiger partial charge in [0.2, 0.25) is 5.91 Å². The van der Waals surface area contributed by atoms with Crippen molar-refractivity contribution in [3.05, 3.63) is 71.8 Å². The summed E-state index contributed by atoms with van der Waals surface area (Å²) in [6, 6.07) is 19.2. The van der Waals surface area contributed by atoms with Gasteiger partial charge in [-0.1, -0.05) is 60.7 Å². The van der Waals surface area contributed by atoms with E-state index < -0.39 is 6.04 Å². The summed E-state index contributed by atoms with van der Waals surface area (Å²) in [5.41, 5.74) is 8.14. The number of hydrogen-bond acceptors (Lipinski definition) is 3. The van der Waals surface area contributed by atoms with Gasteiger partial charge in [-0.25, -0.2) is 0 Å². The summed E-state index contributed by atoms with van der Waals surface area (Å²) in [4.78, 5) is 14.6. The van der Waals surface area contributed by atoms with E-state index in [0.29, 0.717) is 6.54 Å². The molecule has 0 aliphatic carbocycles. The molecule has 1 amide bonds. The maximum absolute atomic E-state index is 12.8. The number of carbonyl (C=O) groups is 1. The highest BCUT2D eigenvalue weighted by atomic mass is 16.5. The SMILES string of the molecule is COCC(N)C(=O)N(Cc1ccccc1)C(C)c1ccccc1. The number of nitrogens with zero attached hydrogens (tertiary/aromatic N) is 1. The number of benzene rings is 2. The molecule has 122 valence electrons. The molecule has 0 aliphatic heterocycles. The molecule has 23 heavy (non-hydrogen) atoms. The highest BCUT2D eigenvalue weighted by Gasteiger charge is 2.26. The van der Waals surface area contributed by atoms with Crippen molar-refractivity contribution in [2.75, 3.05) is 13.7 Å². The van der Waals surface area contributed by atoms with Crippen LogP contribution >= 0.6 is 0 Å². The second-order valence-corrected chi connectivity index (χ2v) is 5.60. The zero-order chi connectivity index (χ0) is 16.7. The summed E-state index contributed by atoms with van der Waals surface area (Å²) in [5, 5.41) is 0. The number of hydrogen-bond donors (Lipinski definition) is 1. The molecule has 0 bridgehead atoms. The average Bonchev–Trinajstić information content (AvgIpc) is 2.60. The van der Waals surface area contributed by atoms with Crippen molar-refractivity contribution >= 4 is 5.91 Å². The Morgan fingerprint density at radius 1 is 1.09 bits per heavy atom.